The number of fused-ring (bicyclic) bond motifs is 1. The van der Waals surface area contributed by atoms with Crippen LogP contribution in [-0.2, 0) is 17.6 Å². The van der Waals surface area contributed by atoms with E-state index >= 15 is 0 Å². The quantitative estimate of drug-likeness (QED) is 0.856. The molecule has 3 rings (SSSR count). The molecule has 1 aliphatic carbocycles. The zero-order chi connectivity index (χ0) is 15.5. The maximum absolute atomic E-state index is 13.5. The molecule has 0 bridgehead atoms. The van der Waals surface area contributed by atoms with E-state index in [0.717, 1.165) is 42.8 Å². The fourth-order valence-corrected chi connectivity index (χ4v) is 3.30. The number of rotatable bonds is 4. The van der Waals surface area contributed by atoms with Gasteiger partial charge < -0.3 is 5.32 Å². The van der Waals surface area contributed by atoms with Gasteiger partial charge in [-0.25, -0.2) is 8.78 Å². The van der Waals surface area contributed by atoms with E-state index in [1.165, 1.54) is 23.3 Å². The summed E-state index contributed by atoms with van der Waals surface area (Å²) in [5.74, 6) is -1.38. The van der Waals surface area contributed by atoms with Crippen LogP contribution in [0, 0.1) is 11.6 Å². The lowest BCUT2D eigenvalue weighted by atomic mass is 10.1. The van der Waals surface area contributed by atoms with E-state index in [-0.39, 0.29) is 16.6 Å². The molecule has 1 aliphatic rings. The van der Waals surface area contributed by atoms with Gasteiger partial charge in [0.25, 0.3) is 0 Å². The summed E-state index contributed by atoms with van der Waals surface area (Å²) in [4.78, 5) is 12.2. The van der Waals surface area contributed by atoms with E-state index in [9.17, 15) is 13.6 Å². The number of carbonyl (C=O) groups excluding carboxylic acids is 1. The lowest BCUT2D eigenvalue weighted by molar-refractivity contribution is -0.113. The molecule has 22 heavy (non-hydrogen) atoms. The first kappa shape index (κ1) is 15.0. The van der Waals surface area contributed by atoms with Gasteiger partial charge >= 0.3 is 0 Å². The van der Waals surface area contributed by atoms with Crippen LogP contribution in [0.4, 0.5) is 14.5 Å². The van der Waals surface area contributed by atoms with Crippen molar-refractivity contribution in [3.63, 3.8) is 0 Å². The number of anilines is 1. The Balaban J connectivity index is 1.58. The van der Waals surface area contributed by atoms with Gasteiger partial charge in [-0.3, -0.25) is 4.79 Å². The normalized spacial score (nSPS) is 13.0. The lowest BCUT2D eigenvalue weighted by Gasteiger charge is -2.08. The number of halogens is 2. The average Bonchev–Trinajstić information content (AvgIpc) is 2.94. The molecular formula is C17H15F2NOS. The third-order valence-corrected chi connectivity index (χ3v) is 4.68. The Morgan fingerprint density at radius 3 is 2.73 bits per heavy atom. The van der Waals surface area contributed by atoms with Crippen molar-refractivity contribution < 1.29 is 13.6 Å². The molecule has 0 radical (unpaired) electrons. The van der Waals surface area contributed by atoms with Crippen molar-refractivity contribution in [2.75, 3.05) is 11.1 Å². The highest BCUT2D eigenvalue weighted by Gasteiger charge is 2.12. The van der Waals surface area contributed by atoms with E-state index in [0.29, 0.717) is 0 Å². The van der Waals surface area contributed by atoms with Gasteiger partial charge in [-0.1, -0.05) is 6.07 Å². The number of benzene rings is 2. The van der Waals surface area contributed by atoms with Crippen LogP contribution >= 0.6 is 11.8 Å². The molecule has 0 aromatic heterocycles. The Morgan fingerprint density at radius 1 is 1.09 bits per heavy atom. The van der Waals surface area contributed by atoms with Crippen LogP contribution in [0.25, 0.3) is 0 Å². The largest absolute Gasteiger partial charge is 0.325 e. The van der Waals surface area contributed by atoms with E-state index in [2.05, 4.69) is 5.32 Å². The maximum Gasteiger partial charge on any atom is 0.234 e. The van der Waals surface area contributed by atoms with Crippen molar-refractivity contribution in [3.05, 3.63) is 59.2 Å². The molecule has 0 fully saturated rings. The summed E-state index contributed by atoms with van der Waals surface area (Å²) < 4.78 is 26.3. The standard InChI is InChI=1S/C17H15F2NOS/c18-13-5-7-16(15(19)9-13)22-10-17(21)20-14-6-4-11-2-1-3-12(11)8-14/h4-9H,1-3,10H2,(H,20,21). The van der Waals surface area contributed by atoms with Gasteiger partial charge in [0.2, 0.25) is 5.91 Å². The molecule has 2 aromatic carbocycles. The van der Waals surface area contributed by atoms with Crippen LogP contribution in [0.5, 0.6) is 0 Å². The highest BCUT2D eigenvalue weighted by Crippen LogP contribution is 2.26. The van der Waals surface area contributed by atoms with Gasteiger partial charge in [0.15, 0.2) is 0 Å². The van der Waals surface area contributed by atoms with Crippen LogP contribution in [0.1, 0.15) is 17.5 Å². The van der Waals surface area contributed by atoms with Crippen LogP contribution in [0.2, 0.25) is 0 Å². The summed E-state index contributed by atoms with van der Waals surface area (Å²) in [5, 5.41) is 2.82. The van der Waals surface area contributed by atoms with Crippen LogP contribution in [0.3, 0.4) is 0 Å². The van der Waals surface area contributed by atoms with Crippen molar-refractivity contribution in [1.29, 1.82) is 0 Å². The average molecular weight is 319 g/mol. The third kappa shape index (κ3) is 3.47. The van der Waals surface area contributed by atoms with Crippen LogP contribution < -0.4 is 5.32 Å². The minimum absolute atomic E-state index is 0.0830. The Bertz CT molecular complexity index is 718. The van der Waals surface area contributed by atoms with Gasteiger partial charge in [-0.15, -0.1) is 11.8 Å². The van der Waals surface area contributed by atoms with Gasteiger partial charge in [-0.2, -0.15) is 0 Å². The predicted octanol–water partition coefficient (Wildman–Crippen LogP) is 4.18. The Hall–Kier alpha value is -1.88. The van der Waals surface area contributed by atoms with Crippen molar-refractivity contribution in [3.8, 4) is 0 Å². The minimum atomic E-state index is -0.643. The first-order valence-electron chi connectivity index (χ1n) is 7.11. The number of nitrogens with one attached hydrogen (secondary N) is 1. The minimum Gasteiger partial charge on any atom is -0.325 e. The molecule has 1 N–H and O–H groups in total. The summed E-state index contributed by atoms with van der Waals surface area (Å²) in [7, 11) is 0. The topological polar surface area (TPSA) is 29.1 Å². The monoisotopic (exact) mass is 319 g/mol. The zero-order valence-corrected chi connectivity index (χ0v) is 12.7. The van der Waals surface area contributed by atoms with E-state index < -0.39 is 11.6 Å². The van der Waals surface area contributed by atoms with Gasteiger partial charge in [-0.05, 0) is 54.7 Å². The summed E-state index contributed by atoms with van der Waals surface area (Å²) in [5.41, 5.74) is 3.40. The van der Waals surface area contributed by atoms with E-state index in [1.807, 2.05) is 18.2 Å². The number of carbonyl (C=O) groups is 1. The van der Waals surface area contributed by atoms with Crippen molar-refractivity contribution in [2.24, 2.45) is 0 Å². The van der Waals surface area contributed by atoms with Gasteiger partial charge in [0, 0.05) is 16.6 Å². The molecule has 0 heterocycles. The fourth-order valence-electron chi connectivity index (χ4n) is 2.58. The number of hydrogen-bond acceptors (Lipinski definition) is 2. The number of amides is 1. The molecule has 0 aliphatic heterocycles. The SMILES string of the molecule is O=C(CSc1ccc(F)cc1F)Nc1ccc2c(c1)CCC2. The molecule has 2 nitrogen and oxygen atoms in total. The van der Waals surface area contributed by atoms with Crippen LogP contribution in [0.15, 0.2) is 41.3 Å². The molecule has 5 heteroatoms. The van der Waals surface area contributed by atoms with Gasteiger partial charge in [0.05, 0.1) is 5.75 Å². The number of thioether (sulfide) groups is 1. The highest BCUT2D eigenvalue weighted by atomic mass is 32.2. The number of hydrogen-bond donors (Lipinski definition) is 1. The summed E-state index contributed by atoms with van der Waals surface area (Å²) in [6.07, 6.45) is 3.31. The molecule has 0 unspecified atom stereocenters. The lowest BCUT2D eigenvalue weighted by Crippen LogP contribution is -2.14. The predicted molar refractivity (Wildman–Crippen MR) is 84.2 cm³/mol. The second kappa shape index (κ2) is 6.48. The summed E-state index contributed by atoms with van der Waals surface area (Å²) in [6.45, 7) is 0. The summed E-state index contributed by atoms with van der Waals surface area (Å²) >= 11 is 1.05. The molecule has 0 atom stereocenters. The molecular weight excluding hydrogens is 304 g/mol. The molecule has 0 saturated carbocycles. The third-order valence-electron chi connectivity index (χ3n) is 3.63. The number of aryl methyl sites for hydroxylation is 2. The highest BCUT2D eigenvalue weighted by molar-refractivity contribution is 8.00. The molecule has 2 aromatic rings. The molecule has 0 saturated heterocycles. The van der Waals surface area contributed by atoms with Crippen molar-refractivity contribution >= 4 is 23.4 Å². The first-order valence-corrected chi connectivity index (χ1v) is 8.10. The molecule has 0 spiro atoms. The Kier molecular flexibility index (Phi) is 4.43. The summed E-state index contributed by atoms with van der Waals surface area (Å²) in [6, 6.07) is 9.29. The first-order chi connectivity index (χ1) is 10.6. The van der Waals surface area contributed by atoms with E-state index in [4.69, 9.17) is 0 Å². The van der Waals surface area contributed by atoms with Crippen molar-refractivity contribution in [2.45, 2.75) is 24.2 Å². The Morgan fingerprint density at radius 2 is 1.91 bits per heavy atom. The van der Waals surface area contributed by atoms with Crippen molar-refractivity contribution in [1.82, 2.24) is 0 Å². The zero-order valence-electron chi connectivity index (χ0n) is 11.9. The van der Waals surface area contributed by atoms with Crippen LogP contribution in [-0.4, -0.2) is 11.7 Å². The van der Waals surface area contributed by atoms with E-state index in [1.54, 1.807) is 0 Å². The fraction of sp³-hybridized carbons (Fsp3) is 0.235. The van der Waals surface area contributed by atoms with Gasteiger partial charge in [0.1, 0.15) is 11.6 Å². The smallest absolute Gasteiger partial charge is 0.234 e. The second-order valence-electron chi connectivity index (χ2n) is 5.25. The Labute approximate surface area is 131 Å². The maximum atomic E-state index is 13.5. The molecule has 1 amide bonds. The second-order valence-corrected chi connectivity index (χ2v) is 6.27. The molecule has 114 valence electrons.